The normalized spacial score (nSPS) is 14.2. The highest BCUT2D eigenvalue weighted by Gasteiger charge is 2.33. The van der Waals surface area contributed by atoms with Crippen LogP contribution in [0.2, 0.25) is 0 Å². The first-order valence-electron chi connectivity index (χ1n) is 46.3. The average molecular weight is 2110 g/mol. The first-order chi connectivity index (χ1) is 58.2. The summed E-state index contributed by atoms with van der Waals surface area (Å²) in [6.07, 6.45) is 19.4. The van der Waals surface area contributed by atoms with E-state index in [9.17, 15) is 25.5 Å². The van der Waals surface area contributed by atoms with E-state index >= 15 is 0 Å². The summed E-state index contributed by atoms with van der Waals surface area (Å²) in [5.74, 6) is 44.8. The molecule has 0 aliphatic rings. The van der Waals surface area contributed by atoms with Crippen molar-refractivity contribution in [2.75, 3.05) is 119 Å². The van der Waals surface area contributed by atoms with Gasteiger partial charge in [-0.25, -0.2) is 0 Å². The number of hydrogen-bond acceptors (Lipinski definition) is 23. The van der Waals surface area contributed by atoms with Crippen LogP contribution in [-0.4, -0.2) is 269 Å². The molecular weight excluding hydrogens is 1850 g/mol. The third-order valence-electron chi connectivity index (χ3n) is 17.6. The summed E-state index contributed by atoms with van der Waals surface area (Å²) in [5, 5.41) is 127. The van der Waals surface area contributed by atoms with Gasteiger partial charge in [0.2, 0.25) is 0 Å². The van der Waals surface area contributed by atoms with Crippen molar-refractivity contribution >= 4 is 0 Å². The Kier molecular flexibility index (Phi) is 156. The van der Waals surface area contributed by atoms with E-state index in [2.05, 4.69) is 166 Å². The van der Waals surface area contributed by atoms with Crippen molar-refractivity contribution in [3.05, 3.63) is 0 Å². The van der Waals surface area contributed by atoms with Crippen molar-refractivity contribution < 1.29 is 114 Å². The van der Waals surface area contributed by atoms with Crippen molar-refractivity contribution in [3.63, 3.8) is 0 Å². The molecule has 0 radical (unpaired) electrons. The number of terminal acetylenes is 2. The molecule has 0 fully saturated rings. The second-order valence-electron chi connectivity index (χ2n) is 40.4. The predicted molar refractivity (Wildman–Crippen MR) is 644 cm³/mol. The molecule has 0 saturated heterocycles. The molecule has 0 aliphatic heterocycles. The molecule has 14 N–H and O–H groups in total. The highest BCUT2D eigenvalue weighted by Crippen LogP contribution is 2.31. The molecule has 11 atom stereocenters. The van der Waals surface area contributed by atoms with E-state index in [1.165, 1.54) is 0 Å². The van der Waals surface area contributed by atoms with Gasteiger partial charge in [-0.2, -0.15) is 0 Å². The molecule has 0 aliphatic carbocycles. The Hall–Kier alpha value is -4.44. The Morgan fingerprint density at radius 3 is 0.548 bits per heavy atom. The van der Waals surface area contributed by atoms with Crippen molar-refractivity contribution in [1.82, 2.24) is 0 Å². The van der Waals surface area contributed by atoms with E-state index in [0.717, 1.165) is 57.8 Å². The number of rotatable bonds is 47. The molecule has 0 bridgehead atoms. The minimum absolute atomic E-state index is 0. The lowest BCUT2D eigenvalue weighted by Gasteiger charge is -2.31. The molecule has 0 saturated carbocycles. The number of hydrogen-bond donors (Lipinski definition) is 14. The summed E-state index contributed by atoms with van der Waals surface area (Å²) in [6.45, 7) is 74.4. The second kappa shape index (κ2) is 109. The fraction of sp³-hybridized carbons (Fsp3) is 0.870. The second-order valence-corrected chi connectivity index (χ2v) is 40.4. The van der Waals surface area contributed by atoms with Gasteiger partial charge in [0.05, 0.1) is 119 Å². The molecule has 0 spiro atoms. The Morgan fingerprint density at radius 2 is 0.370 bits per heavy atom. The molecule has 23 heteroatoms. The summed E-state index contributed by atoms with van der Waals surface area (Å²) >= 11 is 0. The lowest BCUT2D eigenvalue weighted by Crippen LogP contribution is -2.35. The van der Waals surface area contributed by atoms with Crippen LogP contribution in [0.3, 0.4) is 0 Å². The van der Waals surface area contributed by atoms with Gasteiger partial charge in [-0.15, -0.1) is 12.8 Å². The zero-order valence-corrected chi connectivity index (χ0v) is 87.8. The molecule has 0 amide bonds. The Labute approximate surface area is 916 Å². The predicted octanol–water partition coefficient (Wildman–Crippen LogP) is 25.6. The molecule has 0 aromatic rings. The van der Waals surface area contributed by atoms with Gasteiger partial charge in [0, 0.05) is 0 Å². The van der Waals surface area contributed by atoms with Crippen LogP contribution in [0.15, 0.2) is 0 Å². The largest absolute Gasteiger partial charge is 0.394 e. The quantitative estimate of drug-likeness (QED) is 0.0252. The van der Waals surface area contributed by atoms with Gasteiger partial charge in [0.25, 0.3) is 0 Å². The maximum atomic E-state index is 10.00. The lowest BCUT2D eigenvalue weighted by molar-refractivity contribution is -0.0281. The average Bonchev–Trinajstić information content (AvgIpc) is 0.867. The highest BCUT2D eigenvalue weighted by molar-refractivity contribution is 5.24. The van der Waals surface area contributed by atoms with E-state index in [4.69, 9.17) is 101 Å². The van der Waals surface area contributed by atoms with E-state index in [1.807, 2.05) is 90.0 Å². The van der Waals surface area contributed by atoms with Crippen LogP contribution in [0.4, 0.5) is 0 Å². The smallest absolute Gasteiger partial charge is 0.126 e. The molecule has 0 aromatic heterocycles. The molecule has 896 valence electrons. The van der Waals surface area contributed by atoms with Gasteiger partial charge in [0.15, 0.2) is 0 Å². The van der Waals surface area contributed by atoms with Gasteiger partial charge < -0.3 is 114 Å². The minimum atomic E-state index is -1.01. The van der Waals surface area contributed by atoms with E-state index in [1.54, 1.807) is 83.1 Å². The maximum absolute atomic E-state index is 10.00. The van der Waals surface area contributed by atoms with Crippen LogP contribution in [-0.2, 0) is 42.6 Å². The van der Waals surface area contributed by atoms with Crippen molar-refractivity contribution in [1.29, 1.82) is 0 Å². The summed E-state index contributed by atoms with van der Waals surface area (Å²) in [4.78, 5) is 0. The van der Waals surface area contributed by atoms with Crippen molar-refractivity contribution in [3.8, 4) is 95.7 Å². The van der Waals surface area contributed by atoms with Crippen LogP contribution < -0.4 is 0 Å². The monoisotopic (exact) mass is 2110 g/mol. The SMILES string of the molecule is C.C.C.C.C.C.C.C.C.C.C.C.C.C.C.C.C.C.C#CC(C)(C)OCCO.C#CC(C)(CC(C)C)OCCO.CC(C)(O)C#CC(C)(C)O.CC(C)(O)C#CC(C)(C)OCCO.CC(C)CC(C)(C#CC(C)(CC(C)C)OCCO)OCCO.CC(C)CC(C)(O)C#CC(C)(O)CC(C)C.CC(C)CC(C)CC(C)(C#CC(C)(CC(C)CC(C)C)OCCO)OCCO.CCC(C)(C#CC(C)(CC)OCCO)OCCO. The Balaban J connectivity index is -0.0000000472. The molecule has 0 rings (SSSR count). The number of aliphatic hydroxyl groups is 14. The number of aliphatic hydroxyl groups excluding tert-OH is 9. The van der Waals surface area contributed by atoms with E-state index in [-0.39, 0.29) is 239 Å². The minimum Gasteiger partial charge on any atom is -0.394 e. The highest BCUT2D eigenvalue weighted by atomic mass is 16.5. The fourth-order valence-electron chi connectivity index (χ4n) is 12.6. The third kappa shape index (κ3) is 142. The van der Waals surface area contributed by atoms with E-state index in [0.29, 0.717) is 79.3 Å². The van der Waals surface area contributed by atoms with Gasteiger partial charge >= 0.3 is 0 Å². The first kappa shape index (κ1) is 209. The van der Waals surface area contributed by atoms with Crippen LogP contribution >= 0.6 is 0 Å². The Morgan fingerprint density at radius 1 is 0.199 bits per heavy atom. The van der Waals surface area contributed by atoms with Gasteiger partial charge in [-0.1, -0.05) is 341 Å². The topological polar surface area (TPSA) is 366 Å². The summed E-state index contributed by atoms with van der Waals surface area (Å²) < 4.78 is 50.2. The standard InChI is InChI=1S/C24H46O4.C18H34O4.C14H26O4.C14H26O2.C10H18O3.C10H18O2.C8H14O2.C7H12O2.18CH4/c1-19(2)15-21(5)17-23(7,27-13-11-25)9-10-24(8,28-14-12-26)18-22(6)16-20(3)4;1-15(2)13-17(5,21-11-9-19)7-8-18(6,14-16(3)4)22-12-10-20;1-5-13(3,17-11-9-15)7-8-14(4,6-2)18-12-10-16;1-11(2)9-13(5,15)7-8-14(6,16)10-12(3)4;1-9(2,12)5-6-10(3,4)13-8-7-11;1-5-10(4,8-9(2)3)12-7-6-11;1-7(2,9)5-6-8(3,4)10;1-4-7(2,3)9-6-5-8;;;;;;;;;;;;;;;;;;/h19-22,25-26H,11-18H2,1-8H3;15-16,19-20H,9-14H2,1-6H3;15-16H,5-6,9-12H2,1-4H3;11-12,15-16H,9-10H2,1-6H3;11-12H,7-8H2,1-4H3;1,9,11H,6-8H2,2-4H3;9-10H,1-4H3;1,8H,5-6H2,2-3H3;18*1H4. The summed E-state index contributed by atoms with van der Waals surface area (Å²) in [6, 6.07) is 0. The van der Waals surface area contributed by atoms with Crippen LogP contribution in [0.1, 0.15) is 460 Å². The third-order valence-corrected chi connectivity index (χ3v) is 17.6. The zero-order valence-electron chi connectivity index (χ0n) is 87.8. The number of ether oxygens (including phenoxy) is 9. The Bertz CT molecular complexity index is 3120. The molecule has 11 unspecified atom stereocenters. The molecule has 146 heavy (non-hydrogen) atoms. The van der Waals surface area contributed by atoms with Crippen molar-refractivity contribution in [2.45, 2.75) is 539 Å². The van der Waals surface area contributed by atoms with E-state index < -0.39 is 78.4 Å². The first-order valence-corrected chi connectivity index (χ1v) is 46.3. The zero-order chi connectivity index (χ0) is 102. The van der Waals surface area contributed by atoms with Gasteiger partial charge in [-0.05, 0) is 255 Å². The van der Waals surface area contributed by atoms with Crippen LogP contribution in [0, 0.1) is 149 Å². The van der Waals surface area contributed by atoms with Gasteiger partial charge in [-0.3, -0.25) is 0 Å². The molecule has 0 heterocycles. The van der Waals surface area contributed by atoms with Crippen molar-refractivity contribution in [2.24, 2.45) is 53.3 Å². The van der Waals surface area contributed by atoms with Crippen LogP contribution in [0.25, 0.3) is 0 Å². The lowest BCUT2D eigenvalue weighted by atomic mass is 9.85. The van der Waals surface area contributed by atoms with Crippen LogP contribution in [0.5, 0.6) is 0 Å². The maximum Gasteiger partial charge on any atom is 0.126 e. The summed E-state index contributed by atoms with van der Waals surface area (Å²) in [5.41, 5.74) is -10.3. The molecular formula is C123H266O23. The van der Waals surface area contributed by atoms with Gasteiger partial charge in [0.1, 0.15) is 78.4 Å². The molecule has 0 aromatic carbocycles. The molecule has 23 nitrogen and oxygen atoms in total. The summed E-state index contributed by atoms with van der Waals surface area (Å²) in [7, 11) is 0. The fourth-order valence-corrected chi connectivity index (χ4v) is 12.6.